The van der Waals surface area contributed by atoms with E-state index in [1.54, 1.807) is 26.8 Å². The molecule has 0 fully saturated rings. The average molecular weight is 207 g/mol. The number of carbonyl (C=O) groups is 1. The van der Waals surface area contributed by atoms with E-state index in [0.29, 0.717) is 0 Å². The molecule has 0 aliphatic rings. The number of carbonyl (C=O) groups excluding carboxylic acids is 1. The van der Waals surface area contributed by atoms with Crippen molar-refractivity contribution in [3.05, 3.63) is 39.4 Å². The lowest BCUT2D eigenvalue weighted by molar-refractivity contribution is -0.385. The van der Waals surface area contributed by atoms with Crippen LogP contribution in [0.1, 0.15) is 29.8 Å². The van der Waals surface area contributed by atoms with E-state index >= 15 is 0 Å². The summed E-state index contributed by atoms with van der Waals surface area (Å²) in [5, 5.41) is 10.8. The van der Waals surface area contributed by atoms with E-state index in [2.05, 4.69) is 0 Å². The van der Waals surface area contributed by atoms with Crippen molar-refractivity contribution in [1.29, 1.82) is 0 Å². The first-order chi connectivity index (χ1) is 6.93. The molecule has 0 saturated heterocycles. The quantitative estimate of drug-likeness (QED) is 0.435. The van der Waals surface area contributed by atoms with E-state index in [4.69, 9.17) is 0 Å². The van der Waals surface area contributed by atoms with Gasteiger partial charge in [0.1, 0.15) is 0 Å². The van der Waals surface area contributed by atoms with Crippen molar-refractivity contribution in [2.24, 2.45) is 5.92 Å². The highest BCUT2D eigenvalue weighted by Gasteiger charge is 2.21. The average Bonchev–Trinajstić information content (AvgIpc) is 2.16. The first kappa shape index (κ1) is 11.4. The highest BCUT2D eigenvalue weighted by Crippen LogP contribution is 2.22. The number of nitrogens with zero attached hydrogens (tertiary/aromatic N) is 1. The van der Waals surface area contributed by atoms with Crippen LogP contribution in [0.5, 0.6) is 0 Å². The van der Waals surface area contributed by atoms with Gasteiger partial charge in [-0.15, -0.1) is 0 Å². The number of Topliss-reactive ketones (excluding diaryl/α,β-unsaturated/α-hetero) is 1. The largest absolute Gasteiger partial charge is 0.294 e. The summed E-state index contributed by atoms with van der Waals surface area (Å²) in [6.45, 7) is 5.22. The molecule has 0 heterocycles. The fraction of sp³-hybridized carbons (Fsp3) is 0.364. The highest BCUT2D eigenvalue weighted by atomic mass is 16.6. The number of ketones is 1. The van der Waals surface area contributed by atoms with Crippen LogP contribution in [0.3, 0.4) is 0 Å². The maximum Gasteiger partial charge on any atom is 0.280 e. The molecule has 0 aliphatic heterocycles. The molecule has 15 heavy (non-hydrogen) atoms. The van der Waals surface area contributed by atoms with Crippen LogP contribution in [-0.4, -0.2) is 10.7 Å². The number of hydrogen-bond acceptors (Lipinski definition) is 3. The summed E-state index contributed by atoms with van der Waals surface area (Å²) < 4.78 is 0. The minimum atomic E-state index is -0.511. The molecule has 1 aromatic rings. The fourth-order valence-corrected chi connectivity index (χ4v) is 1.31. The summed E-state index contributed by atoms with van der Waals surface area (Å²) in [6, 6.07) is 4.66. The number of nitro groups is 1. The SMILES string of the molecule is Cc1ccc(C(=O)C(C)C)c([N+](=O)[O-])c1. The van der Waals surface area contributed by atoms with Gasteiger partial charge in [0.05, 0.1) is 10.5 Å². The van der Waals surface area contributed by atoms with Crippen LogP contribution in [0.15, 0.2) is 18.2 Å². The molecule has 0 saturated carbocycles. The zero-order chi connectivity index (χ0) is 11.6. The molecule has 0 N–H and O–H groups in total. The van der Waals surface area contributed by atoms with Gasteiger partial charge in [-0.2, -0.15) is 0 Å². The summed E-state index contributed by atoms with van der Waals surface area (Å²) in [7, 11) is 0. The third-order valence-electron chi connectivity index (χ3n) is 2.14. The van der Waals surface area contributed by atoms with Gasteiger partial charge in [-0.25, -0.2) is 0 Å². The summed E-state index contributed by atoms with van der Waals surface area (Å²) in [6.07, 6.45) is 0. The number of rotatable bonds is 3. The Balaban J connectivity index is 3.29. The van der Waals surface area contributed by atoms with E-state index in [-0.39, 0.29) is 23.0 Å². The van der Waals surface area contributed by atoms with Crippen LogP contribution in [0, 0.1) is 23.0 Å². The van der Waals surface area contributed by atoms with Crippen molar-refractivity contribution in [1.82, 2.24) is 0 Å². The molecule has 0 aromatic heterocycles. The lowest BCUT2D eigenvalue weighted by Crippen LogP contribution is -2.10. The first-order valence-corrected chi connectivity index (χ1v) is 4.72. The van der Waals surface area contributed by atoms with Gasteiger partial charge >= 0.3 is 0 Å². The monoisotopic (exact) mass is 207 g/mol. The van der Waals surface area contributed by atoms with Gasteiger partial charge in [-0.05, 0) is 18.6 Å². The maximum atomic E-state index is 11.7. The molecule has 0 atom stereocenters. The Morgan fingerprint density at radius 2 is 2.00 bits per heavy atom. The lowest BCUT2D eigenvalue weighted by Gasteiger charge is -2.05. The summed E-state index contributed by atoms with van der Waals surface area (Å²) in [5.41, 5.74) is 0.872. The molecule has 0 aliphatic carbocycles. The molecule has 0 spiro atoms. The molecule has 0 radical (unpaired) electrons. The molecular formula is C11H13NO3. The highest BCUT2D eigenvalue weighted by molar-refractivity contribution is 6.01. The van der Waals surface area contributed by atoms with E-state index in [0.717, 1.165) is 5.56 Å². The molecule has 0 bridgehead atoms. The second-order valence-electron chi connectivity index (χ2n) is 3.80. The van der Waals surface area contributed by atoms with Gasteiger partial charge in [0.15, 0.2) is 5.78 Å². The lowest BCUT2D eigenvalue weighted by atomic mass is 9.98. The third kappa shape index (κ3) is 2.40. The van der Waals surface area contributed by atoms with Crippen LogP contribution in [0.25, 0.3) is 0 Å². The number of benzene rings is 1. The van der Waals surface area contributed by atoms with Crippen molar-refractivity contribution < 1.29 is 9.72 Å². The standard InChI is InChI=1S/C11H13NO3/c1-7(2)11(13)9-5-4-8(3)6-10(9)12(14)15/h4-7H,1-3H3. The first-order valence-electron chi connectivity index (χ1n) is 4.72. The predicted octanol–water partition coefficient (Wildman–Crippen LogP) is 2.74. The topological polar surface area (TPSA) is 60.2 Å². The maximum absolute atomic E-state index is 11.7. The molecule has 1 aromatic carbocycles. The minimum absolute atomic E-state index is 0.103. The molecule has 4 heteroatoms. The van der Waals surface area contributed by atoms with Crippen LogP contribution in [0.4, 0.5) is 5.69 Å². The number of aryl methyl sites for hydroxylation is 1. The van der Waals surface area contributed by atoms with Crippen molar-refractivity contribution in [2.75, 3.05) is 0 Å². The second kappa shape index (κ2) is 4.21. The predicted molar refractivity (Wildman–Crippen MR) is 57.0 cm³/mol. The van der Waals surface area contributed by atoms with Gasteiger partial charge in [-0.1, -0.05) is 19.9 Å². The smallest absolute Gasteiger partial charge is 0.280 e. The third-order valence-corrected chi connectivity index (χ3v) is 2.14. The molecule has 1 rings (SSSR count). The van der Waals surface area contributed by atoms with Gasteiger partial charge < -0.3 is 0 Å². The Kier molecular flexibility index (Phi) is 3.19. The van der Waals surface area contributed by atoms with Gasteiger partial charge in [-0.3, -0.25) is 14.9 Å². The Morgan fingerprint density at radius 3 is 2.47 bits per heavy atom. The fourth-order valence-electron chi connectivity index (χ4n) is 1.31. The van der Waals surface area contributed by atoms with Crippen LogP contribution in [-0.2, 0) is 0 Å². The molecule has 0 amide bonds. The van der Waals surface area contributed by atoms with Gasteiger partial charge in [0, 0.05) is 12.0 Å². The van der Waals surface area contributed by atoms with Crippen molar-refractivity contribution in [3.63, 3.8) is 0 Å². The van der Waals surface area contributed by atoms with Crippen molar-refractivity contribution in [2.45, 2.75) is 20.8 Å². The van der Waals surface area contributed by atoms with Gasteiger partial charge in [0.25, 0.3) is 5.69 Å². The molecular weight excluding hydrogens is 194 g/mol. The Labute approximate surface area is 88.1 Å². The van der Waals surface area contributed by atoms with E-state index < -0.39 is 4.92 Å². The Hall–Kier alpha value is -1.71. The van der Waals surface area contributed by atoms with Crippen LogP contribution in [0.2, 0.25) is 0 Å². The zero-order valence-electron chi connectivity index (χ0n) is 8.98. The summed E-state index contributed by atoms with van der Waals surface area (Å²) in [5.74, 6) is -0.423. The van der Waals surface area contributed by atoms with Gasteiger partial charge in [0.2, 0.25) is 0 Å². The summed E-state index contributed by atoms with van der Waals surface area (Å²) >= 11 is 0. The molecule has 0 unspecified atom stereocenters. The normalized spacial score (nSPS) is 10.4. The second-order valence-corrected chi connectivity index (χ2v) is 3.80. The summed E-state index contributed by atoms with van der Waals surface area (Å²) in [4.78, 5) is 21.9. The number of hydrogen-bond donors (Lipinski definition) is 0. The van der Waals surface area contributed by atoms with E-state index in [1.807, 2.05) is 0 Å². The van der Waals surface area contributed by atoms with Crippen molar-refractivity contribution in [3.8, 4) is 0 Å². The van der Waals surface area contributed by atoms with Crippen LogP contribution >= 0.6 is 0 Å². The Bertz CT molecular complexity index is 410. The van der Waals surface area contributed by atoms with Crippen LogP contribution < -0.4 is 0 Å². The Morgan fingerprint density at radius 1 is 1.40 bits per heavy atom. The van der Waals surface area contributed by atoms with E-state index in [9.17, 15) is 14.9 Å². The van der Waals surface area contributed by atoms with E-state index in [1.165, 1.54) is 12.1 Å². The minimum Gasteiger partial charge on any atom is -0.294 e. The molecule has 4 nitrogen and oxygen atoms in total. The zero-order valence-corrected chi connectivity index (χ0v) is 8.98. The molecule has 80 valence electrons. The van der Waals surface area contributed by atoms with Crippen molar-refractivity contribution >= 4 is 11.5 Å². The number of nitro benzene ring substituents is 1.